The van der Waals surface area contributed by atoms with Crippen LogP contribution in [0, 0.1) is 5.92 Å². The predicted molar refractivity (Wildman–Crippen MR) is 98.9 cm³/mol. The van der Waals surface area contributed by atoms with Crippen LogP contribution >= 0.6 is 11.8 Å². The molecule has 4 nitrogen and oxygen atoms in total. The molecule has 0 aliphatic carbocycles. The van der Waals surface area contributed by atoms with Crippen molar-refractivity contribution in [2.45, 2.75) is 51.2 Å². The van der Waals surface area contributed by atoms with Crippen LogP contribution in [0.3, 0.4) is 0 Å². The minimum atomic E-state index is 0.353. The second-order valence-electron chi connectivity index (χ2n) is 6.88. The van der Waals surface area contributed by atoms with Gasteiger partial charge in [0.15, 0.2) is 5.96 Å². The van der Waals surface area contributed by atoms with Crippen molar-refractivity contribution >= 4 is 17.7 Å². The highest BCUT2D eigenvalue weighted by Crippen LogP contribution is 2.37. The van der Waals surface area contributed by atoms with E-state index in [0.717, 1.165) is 31.5 Å². The Balaban J connectivity index is 1.80. The molecular formula is C17H34N4S. The normalized spacial score (nSPS) is 30.5. The Labute approximate surface area is 140 Å². The summed E-state index contributed by atoms with van der Waals surface area (Å²) in [7, 11) is 0. The van der Waals surface area contributed by atoms with Crippen LogP contribution in [-0.4, -0.2) is 60.6 Å². The van der Waals surface area contributed by atoms with Gasteiger partial charge in [-0.3, -0.25) is 4.99 Å². The Morgan fingerprint density at radius 2 is 2.18 bits per heavy atom. The maximum Gasteiger partial charge on any atom is 0.191 e. The number of hydrogen-bond donors (Lipinski definition) is 2. The first-order chi connectivity index (χ1) is 10.6. The highest BCUT2D eigenvalue weighted by molar-refractivity contribution is 8.00. The number of likely N-dealkylation sites (tertiary alicyclic amines) is 1. The van der Waals surface area contributed by atoms with Crippen molar-refractivity contribution in [3.8, 4) is 0 Å². The molecule has 0 aromatic carbocycles. The average molecular weight is 327 g/mol. The van der Waals surface area contributed by atoms with E-state index >= 15 is 0 Å². The number of hydrogen-bond acceptors (Lipinski definition) is 3. The number of rotatable bonds is 6. The topological polar surface area (TPSA) is 39.7 Å². The molecule has 0 radical (unpaired) electrons. The molecule has 128 valence electrons. The van der Waals surface area contributed by atoms with Gasteiger partial charge in [-0.05, 0) is 64.3 Å². The van der Waals surface area contributed by atoms with Crippen molar-refractivity contribution < 1.29 is 0 Å². The third-order valence-electron chi connectivity index (χ3n) is 4.82. The van der Waals surface area contributed by atoms with Gasteiger partial charge in [-0.15, -0.1) is 0 Å². The summed E-state index contributed by atoms with van der Waals surface area (Å²) in [4.78, 5) is 7.42. The van der Waals surface area contributed by atoms with Crippen LogP contribution in [0.5, 0.6) is 0 Å². The highest BCUT2D eigenvalue weighted by Gasteiger charge is 2.29. The predicted octanol–water partition coefficient (Wildman–Crippen LogP) is 2.56. The van der Waals surface area contributed by atoms with Crippen molar-refractivity contribution in [3.63, 3.8) is 0 Å². The van der Waals surface area contributed by atoms with Crippen LogP contribution < -0.4 is 10.6 Å². The van der Waals surface area contributed by atoms with Gasteiger partial charge in [0.1, 0.15) is 0 Å². The molecule has 0 saturated carbocycles. The van der Waals surface area contributed by atoms with E-state index in [0.29, 0.717) is 4.75 Å². The van der Waals surface area contributed by atoms with Gasteiger partial charge in [-0.25, -0.2) is 0 Å². The summed E-state index contributed by atoms with van der Waals surface area (Å²) < 4.78 is 0.353. The largest absolute Gasteiger partial charge is 0.357 e. The summed E-state index contributed by atoms with van der Waals surface area (Å²) in [5, 5.41) is 6.98. The minimum Gasteiger partial charge on any atom is -0.357 e. The van der Waals surface area contributed by atoms with Gasteiger partial charge in [-0.1, -0.05) is 6.92 Å². The molecule has 0 spiro atoms. The number of nitrogens with zero attached hydrogens (tertiary/aromatic N) is 2. The molecule has 2 N–H and O–H groups in total. The van der Waals surface area contributed by atoms with Gasteiger partial charge in [0.2, 0.25) is 0 Å². The third kappa shape index (κ3) is 5.65. The first kappa shape index (κ1) is 17.9. The molecule has 22 heavy (non-hydrogen) atoms. The summed E-state index contributed by atoms with van der Waals surface area (Å²) >= 11 is 2.08. The maximum absolute atomic E-state index is 4.85. The van der Waals surface area contributed by atoms with Gasteiger partial charge < -0.3 is 15.5 Å². The number of thioether (sulfide) groups is 1. The molecule has 2 atom stereocenters. The fourth-order valence-electron chi connectivity index (χ4n) is 3.40. The number of aliphatic imine (C=N–C) groups is 1. The molecule has 5 heteroatoms. The zero-order valence-electron chi connectivity index (χ0n) is 14.7. The van der Waals surface area contributed by atoms with E-state index in [4.69, 9.17) is 4.99 Å². The van der Waals surface area contributed by atoms with Crippen LogP contribution in [0.1, 0.15) is 46.5 Å². The molecule has 2 heterocycles. The summed E-state index contributed by atoms with van der Waals surface area (Å²) in [6, 6.07) is 0. The Bertz CT molecular complexity index is 353. The van der Waals surface area contributed by atoms with E-state index in [1.54, 1.807) is 0 Å². The SMILES string of the molecule is CCNC(=NCC1(C)CCCS1)NCC1CCCN(CC)C1. The first-order valence-electron chi connectivity index (χ1n) is 9.03. The van der Waals surface area contributed by atoms with Crippen LogP contribution in [0.2, 0.25) is 0 Å². The fraction of sp³-hybridized carbons (Fsp3) is 0.941. The van der Waals surface area contributed by atoms with Gasteiger partial charge in [0, 0.05) is 24.4 Å². The monoisotopic (exact) mass is 326 g/mol. The Kier molecular flexibility index (Phi) is 7.35. The third-order valence-corrected chi connectivity index (χ3v) is 6.35. The van der Waals surface area contributed by atoms with E-state index < -0.39 is 0 Å². The lowest BCUT2D eigenvalue weighted by molar-refractivity contribution is 0.183. The van der Waals surface area contributed by atoms with E-state index in [-0.39, 0.29) is 0 Å². The number of nitrogens with one attached hydrogen (secondary N) is 2. The second-order valence-corrected chi connectivity index (χ2v) is 8.56. The van der Waals surface area contributed by atoms with Gasteiger partial charge in [-0.2, -0.15) is 11.8 Å². The van der Waals surface area contributed by atoms with Crippen molar-refractivity contribution in [2.24, 2.45) is 10.9 Å². The zero-order chi connectivity index (χ0) is 15.8. The Hall–Kier alpha value is -0.420. The summed E-state index contributed by atoms with van der Waals surface area (Å²) in [6.45, 7) is 13.4. The highest BCUT2D eigenvalue weighted by atomic mass is 32.2. The van der Waals surface area contributed by atoms with Crippen LogP contribution in [0.25, 0.3) is 0 Å². The average Bonchev–Trinajstić information content (AvgIpc) is 2.97. The molecule has 2 unspecified atom stereocenters. The molecule has 0 bridgehead atoms. The second kappa shape index (κ2) is 9.02. The van der Waals surface area contributed by atoms with Crippen molar-refractivity contribution in [3.05, 3.63) is 0 Å². The maximum atomic E-state index is 4.85. The molecule has 2 fully saturated rings. The fourth-order valence-corrected chi connectivity index (χ4v) is 4.62. The molecule has 0 amide bonds. The van der Waals surface area contributed by atoms with Crippen LogP contribution in [0.15, 0.2) is 4.99 Å². The number of piperidine rings is 1. The Morgan fingerprint density at radius 3 is 2.86 bits per heavy atom. The van der Waals surface area contributed by atoms with E-state index in [1.165, 1.54) is 51.1 Å². The molecule has 0 aromatic rings. The van der Waals surface area contributed by atoms with Crippen molar-refractivity contribution in [2.75, 3.05) is 45.0 Å². The lowest BCUT2D eigenvalue weighted by Crippen LogP contribution is -2.44. The van der Waals surface area contributed by atoms with Gasteiger partial charge >= 0.3 is 0 Å². The van der Waals surface area contributed by atoms with Crippen molar-refractivity contribution in [1.29, 1.82) is 0 Å². The minimum absolute atomic E-state index is 0.353. The molecule has 0 aromatic heterocycles. The van der Waals surface area contributed by atoms with E-state index in [1.807, 2.05) is 0 Å². The van der Waals surface area contributed by atoms with E-state index in [2.05, 4.69) is 48.1 Å². The Morgan fingerprint density at radius 1 is 1.32 bits per heavy atom. The summed E-state index contributed by atoms with van der Waals surface area (Å²) in [5.74, 6) is 3.06. The van der Waals surface area contributed by atoms with Gasteiger partial charge in [0.05, 0.1) is 6.54 Å². The summed E-state index contributed by atoms with van der Waals surface area (Å²) in [6.07, 6.45) is 5.32. The molecular weight excluding hydrogens is 292 g/mol. The quantitative estimate of drug-likeness (QED) is 0.581. The summed E-state index contributed by atoms with van der Waals surface area (Å²) in [5.41, 5.74) is 0. The molecule has 2 aliphatic heterocycles. The van der Waals surface area contributed by atoms with Crippen molar-refractivity contribution in [1.82, 2.24) is 15.5 Å². The van der Waals surface area contributed by atoms with E-state index in [9.17, 15) is 0 Å². The lowest BCUT2D eigenvalue weighted by Gasteiger charge is -2.32. The first-order valence-corrected chi connectivity index (χ1v) is 10.0. The molecule has 2 aliphatic rings. The lowest BCUT2D eigenvalue weighted by atomic mass is 9.98. The zero-order valence-corrected chi connectivity index (χ0v) is 15.5. The van der Waals surface area contributed by atoms with Gasteiger partial charge in [0.25, 0.3) is 0 Å². The molecule has 2 saturated heterocycles. The standard InChI is InChI=1S/C17H34N4S/c1-4-18-16(20-14-17(3)9-7-11-22-17)19-12-15-8-6-10-21(5-2)13-15/h15H,4-14H2,1-3H3,(H2,18,19,20). The van der Waals surface area contributed by atoms with Crippen LogP contribution in [0.4, 0.5) is 0 Å². The molecule has 2 rings (SSSR count). The van der Waals surface area contributed by atoms with Crippen LogP contribution in [-0.2, 0) is 0 Å². The number of guanidine groups is 1. The smallest absolute Gasteiger partial charge is 0.191 e.